The number of unbranched alkanes of at least 4 members (excludes halogenated alkanes) is 5. The number of nitrogens with one attached hydrogen (secondary N) is 1. The van der Waals surface area contributed by atoms with Gasteiger partial charge < -0.3 is 19.7 Å². The van der Waals surface area contributed by atoms with Crippen molar-refractivity contribution < 1.29 is 14.3 Å². The number of hydrogen-bond acceptors (Lipinski definition) is 4. The third-order valence-corrected chi connectivity index (χ3v) is 4.16. The van der Waals surface area contributed by atoms with E-state index in [0.717, 1.165) is 6.54 Å². The van der Waals surface area contributed by atoms with Crippen molar-refractivity contribution in [3.8, 4) is 0 Å². The molecule has 1 aliphatic rings. The third kappa shape index (κ3) is 8.02. The molecule has 1 fully saturated rings. The van der Waals surface area contributed by atoms with Crippen LogP contribution in [0.3, 0.4) is 0 Å². The van der Waals surface area contributed by atoms with Gasteiger partial charge in [-0.25, -0.2) is 4.79 Å². The highest BCUT2D eigenvalue weighted by Gasteiger charge is 2.36. The van der Waals surface area contributed by atoms with Gasteiger partial charge in [0.2, 0.25) is 0 Å². The van der Waals surface area contributed by atoms with Crippen LogP contribution < -0.4 is 5.32 Å². The Kier molecular flexibility index (Phi) is 8.92. The number of carbonyl (C=O) groups is 1. The van der Waals surface area contributed by atoms with Crippen LogP contribution in [0.5, 0.6) is 0 Å². The lowest BCUT2D eigenvalue weighted by Crippen LogP contribution is -2.41. The normalized spacial score (nSPS) is 21.7. The van der Waals surface area contributed by atoms with Gasteiger partial charge in [0.15, 0.2) is 0 Å². The smallest absolute Gasteiger partial charge is 0.410 e. The van der Waals surface area contributed by atoms with Gasteiger partial charge in [-0.3, -0.25) is 0 Å². The first-order valence-electron chi connectivity index (χ1n) is 9.11. The highest BCUT2D eigenvalue weighted by Crippen LogP contribution is 2.17. The molecule has 1 unspecified atom stereocenters. The Labute approximate surface area is 142 Å². The molecule has 0 spiro atoms. The Morgan fingerprint density at radius 2 is 1.78 bits per heavy atom. The second-order valence-electron chi connectivity index (χ2n) is 7.49. The summed E-state index contributed by atoms with van der Waals surface area (Å²) in [5.74, 6) is 0. The second kappa shape index (κ2) is 10.1. The van der Waals surface area contributed by atoms with E-state index >= 15 is 0 Å². The molecule has 0 aromatic heterocycles. The first kappa shape index (κ1) is 20.2. The Bertz CT molecular complexity index is 342. The fourth-order valence-electron chi connectivity index (χ4n) is 2.88. The summed E-state index contributed by atoms with van der Waals surface area (Å²) in [7, 11) is 1.71. The van der Waals surface area contributed by atoms with E-state index < -0.39 is 5.60 Å². The Morgan fingerprint density at radius 1 is 1.13 bits per heavy atom. The molecule has 1 saturated heterocycles. The molecule has 0 saturated carbocycles. The number of amides is 1. The first-order valence-corrected chi connectivity index (χ1v) is 9.11. The van der Waals surface area contributed by atoms with Crippen LogP contribution in [0.25, 0.3) is 0 Å². The highest BCUT2D eigenvalue weighted by atomic mass is 16.6. The van der Waals surface area contributed by atoms with Crippen LogP contribution in [0.1, 0.15) is 66.2 Å². The van der Waals surface area contributed by atoms with Crippen LogP contribution in [-0.4, -0.2) is 55.5 Å². The summed E-state index contributed by atoms with van der Waals surface area (Å²) in [5.41, 5.74) is -0.455. The van der Waals surface area contributed by atoms with Crippen LogP contribution in [0.2, 0.25) is 0 Å². The maximum atomic E-state index is 12.2. The van der Waals surface area contributed by atoms with Crippen molar-refractivity contribution in [1.29, 1.82) is 0 Å². The molecular formula is C18H36N2O3. The van der Waals surface area contributed by atoms with E-state index in [1.807, 2.05) is 20.8 Å². The van der Waals surface area contributed by atoms with Gasteiger partial charge in [-0.05, 0) is 33.7 Å². The van der Waals surface area contributed by atoms with Gasteiger partial charge in [0.1, 0.15) is 5.60 Å². The van der Waals surface area contributed by atoms with E-state index in [9.17, 15) is 4.79 Å². The summed E-state index contributed by atoms with van der Waals surface area (Å²) in [6.07, 6.45) is 7.54. The van der Waals surface area contributed by atoms with E-state index in [1.54, 1.807) is 12.0 Å². The predicted octanol–water partition coefficient (Wildman–Crippen LogP) is 3.57. The molecule has 0 bridgehead atoms. The summed E-state index contributed by atoms with van der Waals surface area (Å²) >= 11 is 0. The van der Waals surface area contributed by atoms with Gasteiger partial charge in [0, 0.05) is 13.7 Å². The zero-order valence-electron chi connectivity index (χ0n) is 15.7. The van der Waals surface area contributed by atoms with Crippen LogP contribution in [-0.2, 0) is 9.47 Å². The Hall–Kier alpha value is -0.810. The maximum Gasteiger partial charge on any atom is 0.410 e. The lowest BCUT2D eigenvalue weighted by Gasteiger charge is -2.24. The fraction of sp³-hybridized carbons (Fsp3) is 0.944. The van der Waals surface area contributed by atoms with Crippen LogP contribution >= 0.6 is 0 Å². The van der Waals surface area contributed by atoms with Crippen LogP contribution in [0.4, 0.5) is 4.79 Å². The van der Waals surface area contributed by atoms with E-state index in [2.05, 4.69) is 12.2 Å². The van der Waals surface area contributed by atoms with Gasteiger partial charge >= 0.3 is 6.09 Å². The molecule has 1 aliphatic heterocycles. The van der Waals surface area contributed by atoms with Crippen molar-refractivity contribution in [2.24, 2.45) is 0 Å². The van der Waals surface area contributed by atoms with E-state index in [0.29, 0.717) is 13.1 Å². The molecule has 0 aliphatic carbocycles. The van der Waals surface area contributed by atoms with Crippen LogP contribution in [0.15, 0.2) is 0 Å². The Balaban J connectivity index is 2.28. The van der Waals surface area contributed by atoms with E-state index in [-0.39, 0.29) is 18.2 Å². The van der Waals surface area contributed by atoms with Crippen molar-refractivity contribution >= 4 is 6.09 Å². The summed E-state index contributed by atoms with van der Waals surface area (Å²) in [5, 5.41) is 3.55. The summed E-state index contributed by atoms with van der Waals surface area (Å²) in [6.45, 7) is 10.2. The van der Waals surface area contributed by atoms with E-state index in [1.165, 1.54) is 38.5 Å². The number of carbonyl (C=O) groups excluding carboxylic acids is 1. The zero-order valence-corrected chi connectivity index (χ0v) is 15.7. The van der Waals surface area contributed by atoms with Crippen molar-refractivity contribution in [3.63, 3.8) is 0 Å². The molecule has 136 valence electrons. The van der Waals surface area contributed by atoms with Crippen molar-refractivity contribution in [3.05, 3.63) is 0 Å². The molecular weight excluding hydrogens is 292 g/mol. The molecule has 1 N–H and O–H groups in total. The van der Waals surface area contributed by atoms with E-state index in [4.69, 9.17) is 9.47 Å². The number of nitrogens with zero attached hydrogens (tertiary/aromatic N) is 1. The minimum Gasteiger partial charge on any atom is -0.444 e. The van der Waals surface area contributed by atoms with Gasteiger partial charge in [0.25, 0.3) is 0 Å². The summed E-state index contributed by atoms with van der Waals surface area (Å²) < 4.78 is 11.0. The molecule has 2 atom stereocenters. The third-order valence-electron chi connectivity index (χ3n) is 4.16. The molecule has 23 heavy (non-hydrogen) atoms. The highest BCUT2D eigenvalue weighted by molar-refractivity contribution is 5.68. The van der Waals surface area contributed by atoms with Crippen molar-refractivity contribution in [2.75, 3.05) is 26.7 Å². The monoisotopic (exact) mass is 328 g/mol. The minimum absolute atomic E-state index is 0.0441. The number of methoxy groups -OCH3 is 1. The standard InChI is InChI=1S/C18H36N2O3/c1-6-7-8-9-10-11-12-19-15-13-20(14-16(15)22-5)17(21)23-18(2,3)4/h15-16,19H,6-14H2,1-5H3/t15?,16-/m0/s1. The van der Waals surface area contributed by atoms with Gasteiger partial charge in [-0.2, -0.15) is 0 Å². The number of hydrogen-bond donors (Lipinski definition) is 1. The quantitative estimate of drug-likeness (QED) is 0.657. The van der Waals surface area contributed by atoms with Crippen LogP contribution in [0, 0.1) is 0 Å². The lowest BCUT2D eigenvalue weighted by atomic mass is 10.1. The number of likely N-dealkylation sites (tertiary alicyclic amines) is 1. The SMILES string of the molecule is CCCCCCCCNC1CN(C(=O)OC(C)(C)C)C[C@@H]1OC. The molecule has 5 nitrogen and oxygen atoms in total. The summed E-state index contributed by atoms with van der Waals surface area (Å²) in [4.78, 5) is 13.9. The van der Waals surface area contributed by atoms with Crippen molar-refractivity contribution in [2.45, 2.75) is 84.0 Å². The van der Waals surface area contributed by atoms with Gasteiger partial charge in [-0.1, -0.05) is 39.0 Å². The molecule has 1 rings (SSSR count). The topological polar surface area (TPSA) is 50.8 Å². The fourth-order valence-corrected chi connectivity index (χ4v) is 2.88. The molecule has 1 amide bonds. The van der Waals surface area contributed by atoms with Crippen molar-refractivity contribution in [1.82, 2.24) is 10.2 Å². The maximum absolute atomic E-state index is 12.2. The summed E-state index contributed by atoms with van der Waals surface area (Å²) in [6, 6.07) is 0.197. The van der Waals surface area contributed by atoms with Gasteiger partial charge in [0.05, 0.1) is 18.7 Å². The first-order chi connectivity index (χ1) is 10.9. The predicted molar refractivity (Wildman–Crippen MR) is 93.8 cm³/mol. The molecule has 0 radical (unpaired) electrons. The molecule has 0 aromatic rings. The Morgan fingerprint density at radius 3 is 2.39 bits per heavy atom. The minimum atomic E-state index is -0.455. The molecule has 5 heteroatoms. The largest absolute Gasteiger partial charge is 0.444 e. The molecule has 1 heterocycles. The molecule has 0 aromatic carbocycles. The number of rotatable bonds is 9. The van der Waals surface area contributed by atoms with Gasteiger partial charge in [-0.15, -0.1) is 0 Å². The second-order valence-corrected chi connectivity index (χ2v) is 7.49. The average Bonchev–Trinajstić information content (AvgIpc) is 2.88. The average molecular weight is 328 g/mol. The number of ether oxygens (including phenoxy) is 2. The lowest BCUT2D eigenvalue weighted by molar-refractivity contribution is 0.0252. The zero-order chi connectivity index (χ0) is 17.3.